The maximum Gasteiger partial charge on any atom is 0.0681 e. The highest BCUT2D eigenvalue weighted by Crippen LogP contribution is 2.15. The first-order valence-electron chi connectivity index (χ1n) is 8.27. The van der Waals surface area contributed by atoms with Crippen LogP contribution in [-0.4, -0.2) is 29.6 Å². The summed E-state index contributed by atoms with van der Waals surface area (Å²) in [6, 6.07) is 19.4. The molecule has 2 unspecified atom stereocenters. The van der Waals surface area contributed by atoms with Gasteiger partial charge in [0.2, 0.25) is 0 Å². The molecule has 0 aliphatic rings. The van der Waals surface area contributed by atoms with Crippen LogP contribution in [0, 0.1) is 0 Å². The van der Waals surface area contributed by atoms with Crippen LogP contribution in [0.2, 0.25) is 0 Å². The predicted molar refractivity (Wildman–Crippen MR) is 96.2 cm³/mol. The molecule has 2 N–H and O–H groups in total. The normalized spacial score (nSPS) is 14.0. The number of aliphatic hydroxyl groups excluding tert-OH is 1. The zero-order chi connectivity index (χ0) is 16.7. The van der Waals surface area contributed by atoms with Crippen LogP contribution in [0.3, 0.4) is 0 Å². The second kappa shape index (κ2) is 8.82. The van der Waals surface area contributed by atoms with Gasteiger partial charge in [-0.05, 0) is 37.6 Å². The first kappa shape index (κ1) is 17.7. The van der Waals surface area contributed by atoms with E-state index in [1.54, 1.807) is 0 Å². The fourth-order valence-corrected chi connectivity index (χ4v) is 2.61. The van der Waals surface area contributed by atoms with E-state index in [1.807, 2.05) is 12.1 Å². The van der Waals surface area contributed by atoms with Crippen molar-refractivity contribution < 1.29 is 5.11 Å². The van der Waals surface area contributed by atoms with Gasteiger partial charge in [-0.3, -0.25) is 4.90 Å². The quantitative estimate of drug-likeness (QED) is 0.784. The summed E-state index contributed by atoms with van der Waals surface area (Å²) in [7, 11) is 2.16. The number of nitrogens with one attached hydrogen (secondary N) is 1. The summed E-state index contributed by atoms with van der Waals surface area (Å²) < 4.78 is 0. The van der Waals surface area contributed by atoms with Gasteiger partial charge in [-0.2, -0.15) is 0 Å². The molecule has 2 atom stereocenters. The van der Waals surface area contributed by atoms with E-state index in [4.69, 9.17) is 0 Å². The second-order valence-electron chi connectivity index (χ2n) is 6.28. The summed E-state index contributed by atoms with van der Waals surface area (Å²) in [5.41, 5.74) is 3.52. The molecule has 0 saturated carbocycles. The van der Waals surface area contributed by atoms with E-state index in [0.717, 1.165) is 18.7 Å². The van der Waals surface area contributed by atoms with Crippen molar-refractivity contribution in [3.8, 4) is 0 Å². The van der Waals surface area contributed by atoms with Crippen molar-refractivity contribution >= 4 is 0 Å². The van der Waals surface area contributed by atoms with E-state index in [9.17, 15) is 5.11 Å². The molecule has 23 heavy (non-hydrogen) atoms. The Labute approximate surface area is 140 Å². The summed E-state index contributed by atoms with van der Waals surface area (Å²) in [5, 5.41) is 12.8. The Morgan fingerprint density at radius 3 is 2.39 bits per heavy atom. The van der Waals surface area contributed by atoms with Gasteiger partial charge in [-0.1, -0.05) is 54.6 Å². The van der Waals surface area contributed by atoms with Crippen LogP contribution in [-0.2, 0) is 13.2 Å². The maximum atomic E-state index is 9.25. The molecule has 2 rings (SSSR count). The fraction of sp³-hybridized carbons (Fsp3) is 0.400. The predicted octanol–water partition coefficient (Wildman–Crippen LogP) is 3.35. The molecule has 3 heteroatoms. The van der Waals surface area contributed by atoms with Crippen LogP contribution >= 0.6 is 0 Å². The Balaban J connectivity index is 1.84. The van der Waals surface area contributed by atoms with E-state index in [2.05, 4.69) is 73.6 Å². The zero-order valence-electron chi connectivity index (χ0n) is 14.4. The molecule has 0 bridgehead atoms. The highest BCUT2D eigenvalue weighted by molar-refractivity contribution is 5.25. The van der Waals surface area contributed by atoms with Crippen molar-refractivity contribution in [1.82, 2.24) is 10.2 Å². The first-order valence-corrected chi connectivity index (χ1v) is 8.27. The Morgan fingerprint density at radius 2 is 1.70 bits per heavy atom. The van der Waals surface area contributed by atoms with E-state index in [0.29, 0.717) is 6.04 Å². The topological polar surface area (TPSA) is 35.5 Å². The van der Waals surface area contributed by atoms with Gasteiger partial charge in [-0.15, -0.1) is 0 Å². The number of benzene rings is 2. The Hall–Kier alpha value is -1.68. The van der Waals surface area contributed by atoms with Crippen molar-refractivity contribution in [3.05, 3.63) is 71.3 Å². The summed E-state index contributed by atoms with van der Waals surface area (Å²) in [4.78, 5) is 2.36. The molecule has 0 amide bonds. The first-order chi connectivity index (χ1) is 11.1. The lowest BCUT2D eigenvalue weighted by Gasteiger charge is -2.27. The molecule has 0 saturated heterocycles. The fourth-order valence-electron chi connectivity index (χ4n) is 2.61. The van der Waals surface area contributed by atoms with Crippen LogP contribution < -0.4 is 5.32 Å². The van der Waals surface area contributed by atoms with Gasteiger partial charge in [0, 0.05) is 25.2 Å². The van der Waals surface area contributed by atoms with Crippen LogP contribution in [0.5, 0.6) is 0 Å². The van der Waals surface area contributed by atoms with Crippen LogP contribution in [0.1, 0.15) is 36.6 Å². The molecule has 124 valence electrons. The minimum Gasteiger partial charge on any atom is -0.392 e. The van der Waals surface area contributed by atoms with Gasteiger partial charge in [0.25, 0.3) is 0 Å². The van der Waals surface area contributed by atoms with Gasteiger partial charge in [0.15, 0.2) is 0 Å². The molecule has 0 fully saturated rings. The smallest absolute Gasteiger partial charge is 0.0681 e. The van der Waals surface area contributed by atoms with Gasteiger partial charge in [-0.25, -0.2) is 0 Å². The summed E-state index contributed by atoms with van der Waals surface area (Å²) in [6.07, 6.45) is 0. The van der Waals surface area contributed by atoms with Crippen LogP contribution in [0.15, 0.2) is 54.6 Å². The number of nitrogens with zero attached hydrogens (tertiary/aromatic N) is 1. The number of hydrogen-bond acceptors (Lipinski definition) is 3. The van der Waals surface area contributed by atoms with Crippen LogP contribution in [0.4, 0.5) is 0 Å². The molecule has 3 nitrogen and oxygen atoms in total. The summed E-state index contributed by atoms with van der Waals surface area (Å²) >= 11 is 0. The van der Waals surface area contributed by atoms with E-state index >= 15 is 0 Å². The van der Waals surface area contributed by atoms with Crippen LogP contribution in [0.25, 0.3) is 0 Å². The molecule has 2 aromatic rings. The average Bonchev–Trinajstić information content (AvgIpc) is 2.60. The lowest BCUT2D eigenvalue weighted by atomic mass is 10.1. The number of aliphatic hydroxyl groups is 1. The number of rotatable bonds is 8. The monoisotopic (exact) mass is 312 g/mol. The number of likely N-dealkylation sites (N-methyl/N-ethyl adjacent to an activating group) is 1. The molecule has 0 aliphatic heterocycles. The standard InChI is InChI=1S/C20H28N2O/c1-16(22(3)14-18-8-5-4-6-9-18)13-21-17(2)20-11-7-10-19(12-20)15-23/h4-12,16-17,21,23H,13-15H2,1-3H3. The Bertz CT molecular complexity index is 585. The van der Waals surface area contributed by atoms with Crippen molar-refractivity contribution in [2.45, 2.75) is 39.1 Å². The SMILES string of the molecule is CC(NCC(C)N(C)Cc1ccccc1)c1cccc(CO)c1. The Morgan fingerprint density at radius 1 is 1.00 bits per heavy atom. The molecular formula is C20H28N2O. The average molecular weight is 312 g/mol. The maximum absolute atomic E-state index is 9.25. The third kappa shape index (κ3) is 5.47. The highest BCUT2D eigenvalue weighted by Gasteiger charge is 2.12. The molecule has 2 aromatic carbocycles. The van der Waals surface area contributed by atoms with Crippen molar-refractivity contribution in [2.24, 2.45) is 0 Å². The lowest BCUT2D eigenvalue weighted by molar-refractivity contribution is 0.238. The van der Waals surface area contributed by atoms with Crippen molar-refractivity contribution in [3.63, 3.8) is 0 Å². The molecule has 0 radical (unpaired) electrons. The molecule has 0 spiro atoms. The van der Waals surface area contributed by atoms with Gasteiger partial charge in [0.1, 0.15) is 0 Å². The van der Waals surface area contributed by atoms with E-state index < -0.39 is 0 Å². The van der Waals surface area contributed by atoms with E-state index in [-0.39, 0.29) is 12.6 Å². The minimum atomic E-state index is 0.0940. The van der Waals surface area contributed by atoms with Gasteiger partial charge in [0.05, 0.1) is 6.61 Å². The molecular weight excluding hydrogens is 284 g/mol. The second-order valence-corrected chi connectivity index (χ2v) is 6.28. The highest BCUT2D eigenvalue weighted by atomic mass is 16.3. The molecule has 0 heterocycles. The third-order valence-corrected chi connectivity index (χ3v) is 4.38. The summed E-state index contributed by atoms with van der Waals surface area (Å²) in [5.74, 6) is 0. The van der Waals surface area contributed by atoms with E-state index in [1.165, 1.54) is 11.1 Å². The summed E-state index contributed by atoms with van der Waals surface area (Å²) in [6.45, 7) is 6.38. The third-order valence-electron chi connectivity index (χ3n) is 4.38. The van der Waals surface area contributed by atoms with Crippen molar-refractivity contribution in [2.75, 3.05) is 13.6 Å². The zero-order valence-corrected chi connectivity index (χ0v) is 14.4. The largest absolute Gasteiger partial charge is 0.392 e. The van der Waals surface area contributed by atoms with Gasteiger partial charge >= 0.3 is 0 Å². The molecule has 0 aliphatic carbocycles. The minimum absolute atomic E-state index is 0.0940. The van der Waals surface area contributed by atoms with Crippen molar-refractivity contribution in [1.29, 1.82) is 0 Å². The number of hydrogen-bond donors (Lipinski definition) is 2. The molecule has 0 aromatic heterocycles. The lowest BCUT2D eigenvalue weighted by Crippen LogP contribution is -2.38. The van der Waals surface area contributed by atoms with Gasteiger partial charge < -0.3 is 10.4 Å². The Kier molecular flexibility index (Phi) is 6.78.